The Bertz CT molecular complexity index is 1420. The number of hydrogen-bond acceptors (Lipinski definition) is 6. The SMILES string of the molecule is COC(=O)c1ccc2c(=O)n(-c3ccccc3)c(SC(C)C(=O)Nc3ccc(F)cc3)nc2c1. The van der Waals surface area contributed by atoms with E-state index in [0.717, 1.165) is 11.8 Å². The zero-order chi connectivity index (χ0) is 24.2. The number of amides is 1. The van der Waals surface area contributed by atoms with Gasteiger partial charge in [-0.2, -0.15) is 0 Å². The van der Waals surface area contributed by atoms with E-state index in [1.807, 2.05) is 6.07 Å². The molecule has 3 aromatic carbocycles. The van der Waals surface area contributed by atoms with Crippen LogP contribution in [-0.2, 0) is 9.53 Å². The number of benzene rings is 3. The number of carbonyl (C=O) groups is 2. The molecule has 4 rings (SSSR count). The van der Waals surface area contributed by atoms with Crippen molar-refractivity contribution >= 4 is 40.2 Å². The van der Waals surface area contributed by atoms with Gasteiger partial charge in [-0.25, -0.2) is 14.2 Å². The van der Waals surface area contributed by atoms with Gasteiger partial charge >= 0.3 is 5.97 Å². The first-order valence-electron chi connectivity index (χ1n) is 10.3. The van der Waals surface area contributed by atoms with Gasteiger partial charge in [-0.3, -0.25) is 14.2 Å². The molecule has 1 amide bonds. The topological polar surface area (TPSA) is 90.3 Å². The van der Waals surface area contributed by atoms with Gasteiger partial charge < -0.3 is 10.1 Å². The predicted molar refractivity (Wildman–Crippen MR) is 129 cm³/mol. The third kappa shape index (κ3) is 4.84. The average molecular weight is 478 g/mol. The van der Waals surface area contributed by atoms with E-state index in [2.05, 4.69) is 10.3 Å². The maximum atomic E-state index is 13.4. The van der Waals surface area contributed by atoms with Crippen molar-refractivity contribution in [3.8, 4) is 5.69 Å². The molecule has 9 heteroatoms. The first-order chi connectivity index (χ1) is 16.4. The van der Waals surface area contributed by atoms with Gasteiger partial charge in [-0.05, 0) is 61.5 Å². The molecular formula is C25H20FN3O4S. The van der Waals surface area contributed by atoms with Crippen LogP contribution >= 0.6 is 11.8 Å². The molecule has 7 nitrogen and oxygen atoms in total. The summed E-state index contributed by atoms with van der Waals surface area (Å²) in [6.45, 7) is 1.68. The number of ether oxygens (including phenoxy) is 1. The molecule has 0 aliphatic heterocycles. The van der Waals surface area contributed by atoms with Gasteiger partial charge in [-0.15, -0.1) is 0 Å². The highest BCUT2D eigenvalue weighted by Crippen LogP contribution is 2.26. The van der Waals surface area contributed by atoms with Crippen molar-refractivity contribution < 1.29 is 18.7 Å². The normalized spacial score (nSPS) is 11.7. The van der Waals surface area contributed by atoms with Crippen LogP contribution in [0, 0.1) is 5.82 Å². The molecule has 0 saturated carbocycles. The molecule has 0 radical (unpaired) electrons. The summed E-state index contributed by atoms with van der Waals surface area (Å²) in [7, 11) is 1.27. The minimum Gasteiger partial charge on any atom is -0.465 e. The second kappa shape index (κ2) is 9.88. The van der Waals surface area contributed by atoms with Crippen LogP contribution < -0.4 is 10.9 Å². The molecule has 1 aromatic heterocycles. The summed E-state index contributed by atoms with van der Waals surface area (Å²) in [6.07, 6.45) is 0. The predicted octanol–water partition coefficient (Wildman–Crippen LogP) is 4.43. The maximum absolute atomic E-state index is 13.4. The van der Waals surface area contributed by atoms with Gasteiger partial charge in [0.15, 0.2) is 5.16 Å². The minimum atomic E-state index is -0.645. The monoisotopic (exact) mass is 477 g/mol. The quantitative estimate of drug-likeness (QED) is 0.251. The van der Waals surface area contributed by atoms with E-state index >= 15 is 0 Å². The van der Waals surface area contributed by atoms with Gasteiger partial charge in [0.05, 0.1) is 34.5 Å². The molecule has 0 aliphatic rings. The number of nitrogens with one attached hydrogen (secondary N) is 1. The highest BCUT2D eigenvalue weighted by molar-refractivity contribution is 8.00. The number of esters is 1. The van der Waals surface area contributed by atoms with Crippen molar-refractivity contribution in [1.29, 1.82) is 0 Å². The molecule has 172 valence electrons. The summed E-state index contributed by atoms with van der Waals surface area (Å²) in [4.78, 5) is 42.8. The van der Waals surface area contributed by atoms with E-state index in [0.29, 0.717) is 22.3 Å². The van der Waals surface area contributed by atoms with Crippen LogP contribution in [0.2, 0.25) is 0 Å². The second-order valence-electron chi connectivity index (χ2n) is 7.35. The zero-order valence-electron chi connectivity index (χ0n) is 18.3. The molecule has 0 fully saturated rings. The van der Waals surface area contributed by atoms with Crippen LogP contribution in [0.15, 0.2) is 82.7 Å². The number of para-hydroxylation sites is 1. The summed E-state index contributed by atoms with van der Waals surface area (Å²) in [5.41, 5.74) is 1.29. The molecule has 0 spiro atoms. The fraction of sp³-hybridized carbons (Fsp3) is 0.120. The van der Waals surface area contributed by atoms with E-state index in [-0.39, 0.29) is 22.2 Å². The number of hydrogen-bond donors (Lipinski definition) is 1. The zero-order valence-corrected chi connectivity index (χ0v) is 19.1. The molecule has 0 saturated heterocycles. The molecule has 1 atom stereocenters. The van der Waals surface area contributed by atoms with E-state index in [9.17, 15) is 18.8 Å². The van der Waals surface area contributed by atoms with Crippen molar-refractivity contribution in [2.45, 2.75) is 17.3 Å². The Hall–Kier alpha value is -3.98. The van der Waals surface area contributed by atoms with E-state index < -0.39 is 17.0 Å². The average Bonchev–Trinajstić information content (AvgIpc) is 2.85. The number of thioether (sulfide) groups is 1. The Morgan fingerprint density at radius 3 is 2.44 bits per heavy atom. The molecule has 4 aromatic rings. The number of methoxy groups -OCH3 is 1. The molecule has 1 heterocycles. The number of aromatic nitrogens is 2. The lowest BCUT2D eigenvalue weighted by atomic mass is 10.1. The summed E-state index contributed by atoms with van der Waals surface area (Å²) in [6, 6.07) is 18.9. The van der Waals surface area contributed by atoms with E-state index in [4.69, 9.17) is 4.74 Å². The standard InChI is InChI=1S/C25H20FN3O4S/c1-15(22(30)27-18-11-9-17(26)10-12-18)34-25-28-21-14-16(24(32)33-2)8-13-20(21)23(31)29(25)19-6-4-3-5-7-19/h3-15H,1-2H3,(H,27,30). The third-order valence-corrected chi connectivity index (χ3v) is 6.09. The van der Waals surface area contributed by atoms with Crippen LogP contribution in [0.3, 0.4) is 0 Å². The first-order valence-corrected chi connectivity index (χ1v) is 11.2. The number of nitrogens with zero attached hydrogens (tertiary/aromatic N) is 2. The fourth-order valence-corrected chi connectivity index (χ4v) is 4.21. The fourth-order valence-electron chi connectivity index (χ4n) is 3.28. The Balaban J connectivity index is 1.75. The minimum absolute atomic E-state index is 0.261. The van der Waals surface area contributed by atoms with Crippen LogP contribution in [-0.4, -0.2) is 33.8 Å². The number of rotatable bonds is 6. The lowest BCUT2D eigenvalue weighted by Crippen LogP contribution is -2.26. The van der Waals surface area contributed by atoms with E-state index in [1.54, 1.807) is 31.2 Å². The van der Waals surface area contributed by atoms with Crippen LogP contribution in [0.5, 0.6) is 0 Å². The number of anilines is 1. The summed E-state index contributed by atoms with van der Waals surface area (Å²) >= 11 is 1.09. The van der Waals surface area contributed by atoms with Crippen molar-refractivity contribution in [3.63, 3.8) is 0 Å². The highest BCUT2D eigenvalue weighted by Gasteiger charge is 2.21. The second-order valence-corrected chi connectivity index (χ2v) is 8.66. The van der Waals surface area contributed by atoms with Gasteiger partial charge in [-0.1, -0.05) is 30.0 Å². The lowest BCUT2D eigenvalue weighted by molar-refractivity contribution is -0.115. The number of carbonyl (C=O) groups excluding carboxylic acids is 2. The summed E-state index contributed by atoms with van der Waals surface area (Å²) in [5.74, 6) is -1.29. The lowest BCUT2D eigenvalue weighted by Gasteiger charge is -2.16. The van der Waals surface area contributed by atoms with Crippen molar-refractivity contribution in [3.05, 3.63) is 94.5 Å². The number of fused-ring (bicyclic) bond motifs is 1. The molecule has 0 aliphatic carbocycles. The van der Waals surface area contributed by atoms with Gasteiger partial charge in [0.25, 0.3) is 5.56 Å². The Morgan fingerprint density at radius 2 is 1.76 bits per heavy atom. The Morgan fingerprint density at radius 1 is 1.06 bits per heavy atom. The summed E-state index contributed by atoms with van der Waals surface area (Å²) in [5, 5.41) is 2.69. The molecule has 1 N–H and O–H groups in total. The Kier molecular flexibility index (Phi) is 6.74. The molecule has 1 unspecified atom stereocenters. The van der Waals surface area contributed by atoms with Crippen molar-refractivity contribution in [1.82, 2.24) is 9.55 Å². The highest BCUT2D eigenvalue weighted by atomic mass is 32.2. The van der Waals surface area contributed by atoms with Gasteiger partial charge in [0, 0.05) is 5.69 Å². The maximum Gasteiger partial charge on any atom is 0.337 e. The van der Waals surface area contributed by atoms with Crippen LogP contribution in [0.1, 0.15) is 17.3 Å². The van der Waals surface area contributed by atoms with Crippen LogP contribution in [0.4, 0.5) is 10.1 Å². The van der Waals surface area contributed by atoms with Crippen molar-refractivity contribution in [2.24, 2.45) is 0 Å². The third-order valence-electron chi connectivity index (χ3n) is 5.04. The van der Waals surface area contributed by atoms with Crippen LogP contribution in [0.25, 0.3) is 16.6 Å². The summed E-state index contributed by atoms with van der Waals surface area (Å²) < 4.78 is 19.4. The van der Waals surface area contributed by atoms with Crippen molar-refractivity contribution in [2.75, 3.05) is 12.4 Å². The first kappa shape index (κ1) is 23.2. The molecular weight excluding hydrogens is 457 g/mol. The number of halogens is 1. The molecule has 34 heavy (non-hydrogen) atoms. The Labute approximate surface area is 198 Å². The van der Waals surface area contributed by atoms with Gasteiger partial charge in [0.1, 0.15) is 5.82 Å². The largest absolute Gasteiger partial charge is 0.465 e. The van der Waals surface area contributed by atoms with Gasteiger partial charge in [0.2, 0.25) is 5.91 Å². The molecule has 0 bridgehead atoms. The van der Waals surface area contributed by atoms with E-state index in [1.165, 1.54) is 54.1 Å². The smallest absolute Gasteiger partial charge is 0.337 e.